The standard InChI is InChI=1S/C19H17FN6O3/c1-11-7-8-12(2)15(9-11)23-17-16(26(28)29)18(22-10-21-17)24-25-19(27)13-5-3-4-6-14(13)20/h3-10H,1-2H3,(H,25,27)(H2,21,22,23,24). The van der Waals surface area contributed by atoms with E-state index in [-0.39, 0.29) is 17.2 Å². The van der Waals surface area contributed by atoms with Crippen molar-refractivity contribution >= 4 is 28.9 Å². The molecule has 1 aromatic heterocycles. The van der Waals surface area contributed by atoms with E-state index in [4.69, 9.17) is 0 Å². The topological polar surface area (TPSA) is 122 Å². The molecule has 0 radical (unpaired) electrons. The van der Waals surface area contributed by atoms with Gasteiger partial charge < -0.3 is 5.32 Å². The Morgan fingerprint density at radius 2 is 1.83 bits per heavy atom. The van der Waals surface area contributed by atoms with Gasteiger partial charge in [0.25, 0.3) is 5.91 Å². The zero-order valence-corrected chi connectivity index (χ0v) is 15.6. The highest BCUT2D eigenvalue weighted by atomic mass is 19.1. The van der Waals surface area contributed by atoms with Gasteiger partial charge in [0.05, 0.1) is 10.5 Å². The summed E-state index contributed by atoms with van der Waals surface area (Å²) >= 11 is 0. The van der Waals surface area contributed by atoms with E-state index in [0.29, 0.717) is 5.69 Å². The van der Waals surface area contributed by atoms with E-state index in [1.54, 1.807) is 0 Å². The van der Waals surface area contributed by atoms with E-state index < -0.39 is 22.3 Å². The van der Waals surface area contributed by atoms with Crippen LogP contribution in [0.2, 0.25) is 0 Å². The molecule has 0 aliphatic heterocycles. The average molecular weight is 396 g/mol. The summed E-state index contributed by atoms with van der Waals surface area (Å²) in [6.07, 6.45) is 1.11. The summed E-state index contributed by atoms with van der Waals surface area (Å²) in [7, 11) is 0. The Balaban J connectivity index is 1.87. The SMILES string of the molecule is Cc1ccc(C)c(Nc2ncnc(NNC(=O)c3ccccc3F)c2[N+](=O)[O-])c1. The van der Waals surface area contributed by atoms with E-state index in [1.165, 1.54) is 18.2 Å². The fraction of sp³-hybridized carbons (Fsp3) is 0.105. The lowest BCUT2D eigenvalue weighted by atomic mass is 10.1. The molecule has 0 bridgehead atoms. The number of nitrogens with one attached hydrogen (secondary N) is 3. The molecule has 0 aliphatic rings. The molecule has 0 unspecified atom stereocenters. The summed E-state index contributed by atoms with van der Waals surface area (Å²) < 4.78 is 13.7. The van der Waals surface area contributed by atoms with Gasteiger partial charge in [-0.2, -0.15) is 0 Å². The summed E-state index contributed by atoms with van der Waals surface area (Å²) in [6, 6.07) is 11.0. The van der Waals surface area contributed by atoms with Crippen LogP contribution in [0.4, 0.5) is 27.4 Å². The predicted molar refractivity (Wildman–Crippen MR) is 105 cm³/mol. The van der Waals surface area contributed by atoms with Gasteiger partial charge >= 0.3 is 5.69 Å². The zero-order chi connectivity index (χ0) is 21.0. The van der Waals surface area contributed by atoms with Gasteiger partial charge in [-0.3, -0.25) is 25.8 Å². The Labute approximate surface area is 165 Å². The van der Waals surface area contributed by atoms with Gasteiger partial charge in [0.2, 0.25) is 11.6 Å². The molecule has 3 rings (SSSR count). The normalized spacial score (nSPS) is 10.3. The summed E-state index contributed by atoms with van der Waals surface area (Å²) in [5.74, 6) is -1.83. The molecular formula is C19H17FN6O3. The van der Waals surface area contributed by atoms with Crippen LogP contribution in [-0.4, -0.2) is 20.8 Å². The summed E-state index contributed by atoms with van der Waals surface area (Å²) in [5.41, 5.74) is 6.37. The fourth-order valence-corrected chi connectivity index (χ4v) is 2.56. The van der Waals surface area contributed by atoms with Crippen molar-refractivity contribution in [2.45, 2.75) is 13.8 Å². The number of nitrogens with zero attached hydrogens (tertiary/aromatic N) is 3. The first-order valence-electron chi connectivity index (χ1n) is 8.51. The number of benzene rings is 2. The first-order valence-corrected chi connectivity index (χ1v) is 8.51. The van der Waals surface area contributed by atoms with E-state index in [2.05, 4.69) is 26.1 Å². The molecule has 1 amide bonds. The minimum atomic E-state index is -0.806. The second-order valence-electron chi connectivity index (χ2n) is 6.18. The summed E-state index contributed by atoms with van der Waals surface area (Å²) in [5, 5.41) is 14.6. The Hall–Kier alpha value is -4.08. The van der Waals surface area contributed by atoms with Gasteiger partial charge in [-0.25, -0.2) is 14.4 Å². The molecule has 0 spiro atoms. The van der Waals surface area contributed by atoms with Crippen LogP contribution in [0.3, 0.4) is 0 Å². The van der Waals surface area contributed by atoms with Crippen molar-refractivity contribution in [1.29, 1.82) is 0 Å². The first kappa shape index (κ1) is 19.7. The number of amides is 1. The molecule has 3 aromatic rings. The quantitative estimate of drug-likeness (QED) is 0.429. The van der Waals surface area contributed by atoms with E-state index in [0.717, 1.165) is 23.5 Å². The third-order valence-electron chi connectivity index (χ3n) is 4.06. The second-order valence-corrected chi connectivity index (χ2v) is 6.18. The van der Waals surface area contributed by atoms with E-state index in [1.807, 2.05) is 32.0 Å². The number of carbonyl (C=O) groups excluding carboxylic acids is 1. The molecule has 9 nitrogen and oxygen atoms in total. The van der Waals surface area contributed by atoms with Crippen LogP contribution in [0, 0.1) is 29.8 Å². The molecule has 0 atom stereocenters. The molecule has 0 saturated carbocycles. The first-order chi connectivity index (χ1) is 13.9. The van der Waals surface area contributed by atoms with Crippen LogP contribution in [0.25, 0.3) is 0 Å². The number of nitro groups is 1. The van der Waals surface area contributed by atoms with Gasteiger partial charge in [-0.1, -0.05) is 24.3 Å². The van der Waals surface area contributed by atoms with Crippen molar-refractivity contribution in [1.82, 2.24) is 15.4 Å². The molecular weight excluding hydrogens is 379 g/mol. The van der Waals surface area contributed by atoms with Crippen molar-refractivity contribution < 1.29 is 14.1 Å². The van der Waals surface area contributed by atoms with Crippen molar-refractivity contribution in [3.63, 3.8) is 0 Å². The number of aryl methyl sites for hydroxylation is 2. The maximum Gasteiger partial charge on any atom is 0.355 e. The van der Waals surface area contributed by atoms with Crippen LogP contribution < -0.4 is 16.2 Å². The molecule has 1 heterocycles. The maximum absolute atomic E-state index is 13.7. The number of rotatable bonds is 6. The van der Waals surface area contributed by atoms with E-state index in [9.17, 15) is 19.3 Å². The Morgan fingerprint density at radius 3 is 2.55 bits per heavy atom. The van der Waals surface area contributed by atoms with Crippen molar-refractivity contribution in [3.05, 3.63) is 81.4 Å². The summed E-state index contributed by atoms with van der Waals surface area (Å²) in [4.78, 5) is 30.9. The minimum absolute atomic E-state index is 0.0543. The number of aromatic nitrogens is 2. The number of halogens is 1. The monoisotopic (exact) mass is 396 g/mol. The maximum atomic E-state index is 13.7. The number of hydrazine groups is 1. The smallest absolute Gasteiger partial charge is 0.334 e. The third kappa shape index (κ3) is 4.43. The van der Waals surface area contributed by atoms with Crippen molar-refractivity contribution in [2.75, 3.05) is 10.7 Å². The number of hydrogen-bond acceptors (Lipinski definition) is 7. The van der Waals surface area contributed by atoms with Gasteiger partial charge in [-0.05, 0) is 43.2 Å². The summed E-state index contributed by atoms with van der Waals surface area (Å²) in [6.45, 7) is 3.74. The highest BCUT2D eigenvalue weighted by Gasteiger charge is 2.24. The van der Waals surface area contributed by atoms with Crippen LogP contribution in [0.1, 0.15) is 21.5 Å². The Morgan fingerprint density at radius 1 is 1.10 bits per heavy atom. The Kier molecular flexibility index (Phi) is 5.63. The van der Waals surface area contributed by atoms with Gasteiger partial charge in [0.1, 0.15) is 12.1 Å². The molecule has 148 valence electrons. The Bertz CT molecular complexity index is 1090. The van der Waals surface area contributed by atoms with Crippen LogP contribution in [0.5, 0.6) is 0 Å². The minimum Gasteiger partial charge on any atom is -0.334 e. The highest BCUT2D eigenvalue weighted by molar-refractivity contribution is 5.95. The molecule has 0 fully saturated rings. The van der Waals surface area contributed by atoms with Gasteiger partial charge in [0.15, 0.2) is 0 Å². The lowest BCUT2D eigenvalue weighted by molar-refractivity contribution is -0.383. The molecule has 10 heteroatoms. The number of anilines is 3. The van der Waals surface area contributed by atoms with Crippen LogP contribution in [-0.2, 0) is 0 Å². The van der Waals surface area contributed by atoms with Crippen LogP contribution in [0.15, 0.2) is 48.8 Å². The highest BCUT2D eigenvalue weighted by Crippen LogP contribution is 2.32. The van der Waals surface area contributed by atoms with Crippen LogP contribution >= 0.6 is 0 Å². The molecule has 29 heavy (non-hydrogen) atoms. The van der Waals surface area contributed by atoms with Crippen molar-refractivity contribution in [2.24, 2.45) is 0 Å². The number of carbonyl (C=O) groups is 1. The molecule has 0 aliphatic carbocycles. The average Bonchev–Trinajstić information content (AvgIpc) is 2.69. The lowest BCUT2D eigenvalue weighted by Gasteiger charge is -2.12. The predicted octanol–water partition coefficient (Wildman–Crippen LogP) is 3.64. The lowest BCUT2D eigenvalue weighted by Crippen LogP contribution is -2.31. The third-order valence-corrected chi connectivity index (χ3v) is 4.06. The van der Waals surface area contributed by atoms with Gasteiger partial charge in [0, 0.05) is 5.69 Å². The largest absolute Gasteiger partial charge is 0.355 e. The molecule has 3 N–H and O–H groups in total. The zero-order valence-electron chi connectivity index (χ0n) is 15.6. The molecule has 0 saturated heterocycles. The fourth-order valence-electron chi connectivity index (χ4n) is 2.56. The van der Waals surface area contributed by atoms with Gasteiger partial charge in [-0.15, -0.1) is 0 Å². The number of hydrogen-bond donors (Lipinski definition) is 3. The molecule has 2 aromatic carbocycles. The van der Waals surface area contributed by atoms with E-state index >= 15 is 0 Å². The van der Waals surface area contributed by atoms with Crippen molar-refractivity contribution in [3.8, 4) is 0 Å². The second kappa shape index (κ2) is 8.30.